The van der Waals surface area contributed by atoms with Gasteiger partial charge in [0.05, 0.1) is 16.8 Å². The minimum atomic E-state index is -0.470. The van der Waals surface area contributed by atoms with E-state index in [1.165, 1.54) is 65.4 Å². The number of hydrogen-bond donors (Lipinski definition) is 1. The first-order valence-electron chi connectivity index (χ1n) is 20.5. The fourth-order valence-electron chi connectivity index (χ4n) is 9.80. The number of benzene rings is 8. The topological polar surface area (TPSA) is 37.8 Å². The Hall–Kier alpha value is -7.27. The molecule has 282 valence electrons. The van der Waals surface area contributed by atoms with Crippen molar-refractivity contribution in [3.63, 3.8) is 0 Å². The van der Waals surface area contributed by atoms with E-state index < -0.39 is 5.41 Å². The molecule has 0 saturated heterocycles. The highest BCUT2D eigenvalue weighted by Gasteiger charge is 2.50. The largest absolute Gasteiger partial charge is 0.387 e. The van der Waals surface area contributed by atoms with E-state index >= 15 is 0 Å². The van der Waals surface area contributed by atoms with Gasteiger partial charge >= 0.3 is 0 Å². The first kappa shape index (κ1) is 34.7. The molecule has 12 rings (SSSR count). The van der Waals surface area contributed by atoms with E-state index in [-0.39, 0.29) is 0 Å². The van der Waals surface area contributed by atoms with E-state index in [9.17, 15) is 0 Å². The predicted molar refractivity (Wildman–Crippen MR) is 247 cm³/mol. The second kappa shape index (κ2) is 13.9. The van der Waals surface area contributed by atoms with Gasteiger partial charge in [-0.1, -0.05) is 188 Å². The van der Waals surface area contributed by atoms with Crippen LogP contribution >= 0.6 is 11.8 Å². The number of fused-ring (bicyclic) bond motifs is 10. The molecule has 1 spiro atoms. The van der Waals surface area contributed by atoms with Crippen LogP contribution < -0.4 is 5.32 Å². The average molecular weight is 784 g/mol. The van der Waals surface area contributed by atoms with Crippen LogP contribution in [0.1, 0.15) is 33.4 Å². The van der Waals surface area contributed by atoms with Crippen LogP contribution in [-0.4, -0.2) is 9.97 Å². The number of rotatable bonds is 5. The lowest BCUT2D eigenvalue weighted by molar-refractivity contribution is 0.723. The highest BCUT2D eigenvalue weighted by atomic mass is 32.2. The predicted octanol–water partition coefficient (Wildman–Crippen LogP) is 13.7. The van der Waals surface area contributed by atoms with E-state index in [1.54, 1.807) is 0 Å². The highest BCUT2D eigenvalue weighted by molar-refractivity contribution is 7.99. The van der Waals surface area contributed by atoms with Gasteiger partial charge < -0.3 is 5.32 Å². The average Bonchev–Trinajstić information content (AvgIpc) is 3.62. The second-order valence-corrected chi connectivity index (χ2v) is 16.8. The Morgan fingerprint density at radius 2 is 0.967 bits per heavy atom. The maximum Gasteiger partial charge on any atom is 0.160 e. The Bertz CT molecular complexity index is 3080. The van der Waals surface area contributed by atoms with Crippen molar-refractivity contribution < 1.29 is 0 Å². The molecule has 2 aliphatic heterocycles. The van der Waals surface area contributed by atoms with Crippen molar-refractivity contribution in [1.82, 2.24) is 15.3 Å². The molecule has 3 heterocycles. The Labute approximate surface area is 354 Å². The first-order chi connectivity index (χ1) is 29.7. The molecule has 3 aliphatic rings. The zero-order valence-corrected chi connectivity index (χ0v) is 33.5. The van der Waals surface area contributed by atoms with Gasteiger partial charge in [0.2, 0.25) is 0 Å². The third-order valence-corrected chi connectivity index (χ3v) is 13.6. The van der Waals surface area contributed by atoms with Gasteiger partial charge in [0.25, 0.3) is 0 Å². The molecule has 0 fully saturated rings. The normalized spacial score (nSPS) is 13.7. The Kier molecular flexibility index (Phi) is 8.07. The Balaban J connectivity index is 1.06. The Morgan fingerprint density at radius 1 is 0.417 bits per heavy atom. The lowest BCUT2D eigenvalue weighted by atomic mass is 9.67. The fourth-order valence-corrected chi connectivity index (χ4v) is 11.1. The summed E-state index contributed by atoms with van der Waals surface area (Å²) in [6, 6.07) is 70.6. The minimum absolute atomic E-state index is 0.470. The zero-order valence-electron chi connectivity index (χ0n) is 32.6. The first-order valence-corrected chi connectivity index (χ1v) is 21.3. The molecule has 1 aromatic heterocycles. The molecule has 3 nitrogen and oxygen atoms in total. The molecule has 0 bridgehead atoms. The molecule has 0 amide bonds. The summed E-state index contributed by atoms with van der Waals surface area (Å²) in [6.45, 7) is 0.814. The van der Waals surface area contributed by atoms with E-state index in [0.717, 1.165) is 45.7 Å². The van der Waals surface area contributed by atoms with E-state index in [2.05, 4.69) is 187 Å². The molecule has 4 heteroatoms. The van der Waals surface area contributed by atoms with Crippen LogP contribution in [0.2, 0.25) is 0 Å². The molecule has 9 aromatic rings. The van der Waals surface area contributed by atoms with Crippen LogP contribution in [0.4, 0.5) is 0 Å². The van der Waals surface area contributed by atoms with Crippen LogP contribution in [-0.2, 0) is 12.0 Å². The maximum absolute atomic E-state index is 5.25. The summed E-state index contributed by atoms with van der Waals surface area (Å²) in [5, 5.41) is 3.46. The van der Waals surface area contributed by atoms with Crippen LogP contribution in [0.15, 0.2) is 210 Å². The van der Waals surface area contributed by atoms with Crippen molar-refractivity contribution >= 4 is 17.8 Å². The van der Waals surface area contributed by atoms with Gasteiger partial charge in [-0.3, -0.25) is 0 Å². The van der Waals surface area contributed by atoms with Gasteiger partial charge in [0, 0.05) is 33.0 Å². The standard InChI is InChI=1S/C56H37N3S/c1-3-14-37(15-4-1)51-34-52(59-55(58-51)38-16-5-2-6-17-38)45-22-8-7-19-41(45)39-26-28-49-53(32-39)60-54-33-40(42-23-13-18-36-30-31-57-35-46(36)42)27-29-50(54)56(49)47-24-11-9-20-43(47)44-21-10-12-25-48(44)56/h1-34,57H,35H2. The number of aromatic nitrogens is 2. The molecule has 1 aliphatic carbocycles. The summed E-state index contributed by atoms with van der Waals surface area (Å²) in [6.07, 6.45) is 4.23. The lowest BCUT2D eigenvalue weighted by Gasteiger charge is -2.40. The van der Waals surface area contributed by atoms with Crippen molar-refractivity contribution in [2.24, 2.45) is 0 Å². The molecule has 0 radical (unpaired) electrons. The van der Waals surface area contributed by atoms with E-state index in [1.807, 2.05) is 36.0 Å². The lowest BCUT2D eigenvalue weighted by Crippen LogP contribution is -2.32. The molecule has 60 heavy (non-hydrogen) atoms. The third kappa shape index (κ3) is 5.38. The quantitative estimate of drug-likeness (QED) is 0.189. The SMILES string of the molecule is C1=Cc2cccc(-c3ccc4c(c3)Sc3cc(-c5ccccc5-c5cc(-c6ccccc6)nc(-c6ccccc6)n5)ccc3C43c4ccccc4-c4ccccc43)c2CN1. The summed E-state index contributed by atoms with van der Waals surface area (Å²) in [7, 11) is 0. The number of nitrogens with one attached hydrogen (secondary N) is 1. The van der Waals surface area contributed by atoms with E-state index in [0.29, 0.717) is 5.82 Å². The molecule has 8 aromatic carbocycles. The van der Waals surface area contributed by atoms with Crippen molar-refractivity contribution in [2.75, 3.05) is 0 Å². The smallest absolute Gasteiger partial charge is 0.160 e. The molecule has 0 saturated carbocycles. The van der Waals surface area contributed by atoms with Gasteiger partial charge in [0.15, 0.2) is 5.82 Å². The molecule has 0 unspecified atom stereocenters. The third-order valence-electron chi connectivity index (χ3n) is 12.5. The van der Waals surface area contributed by atoms with Crippen molar-refractivity contribution in [1.29, 1.82) is 0 Å². The molecule has 1 N–H and O–H groups in total. The van der Waals surface area contributed by atoms with Crippen LogP contribution in [0.3, 0.4) is 0 Å². The summed E-state index contributed by atoms with van der Waals surface area (Å²) >= 11 is 1.89. The van der Waals surface area contributed by atoms with E-state index in [4.69, 9.17) is 9.97 Å². The highest BCUT2D eigenvalue weighted by Crippen LogP contribution is 2.62. The molecule has 0 atom stereocenters. The van der Waals surface area contributed by atoms with Crippen molar-refractivity contribution in [2.45, 2.75) is 21.8 Å². The van der Waals surface area contributed by atoms with Gasteiger partial charge in [-0.25, -0.2) is 9.97 Å². The summed E-state index contributed by atoms with van der Waals surface area (Å²) in [5.74, 6) is 0.710. The molecular weight excluding hydrogens is 747 g/mol. The zero-order chi connectivity index (χ0) is 39.6. The number of hydrogen-bond acceptors (Lipinski definition) is 4. The summed E-state index contributed by atoms with van der Waals surface area (Å²) < 4.78 is 0. The summed E-state index contributed by atoms with van der Waals surface area (Å²) in [5.41, 5.74) is 19.8. The monoisotopic (exact) mass is 783 g/mol. The number of nitrogens with zero attached hydrogens (tertiary/aromatic N) is 2. The van der Waals surface area contributed by atoms with Gasteiger partial charge in [-0.05, 0) is 97.2 Å². The van der Waals surface area contributed by atoms with Gasteiger partial charge in [-0.2, -0.15) is 0 Å². The second-order valence-electron chi connectivity index (χ2n) is 15.7. The van der Waals surface area contributed by atoms with Crippen LogP contribution in [0, 0.1) is 0 Å². The van der Waals surface area contributed by atoms with Crippen LogP contribution in [0.5, 0.6) is 0 Å². The maximum atomic E-state index is 5.25. The van der Waals surface area contributed by atoms with Crippen LogP contribution in [0.25, 0.3) is 73.4 Å². The fraction of sp³-hybridized carbons (Fsp3) is 0.0357. The molecular formula is C56H37N3S. The minimum Gasteiger partial charge on any atom is -0.387 e. The van der Waals surface area contributed by atoms with Crippen molar-refractivity contribution in [3.8, 4) is 67.3 Å². The summed E-state index contributed by atoms with van der Waals surface area (Å²) in [4.78, 5) is 12.9. The Morgan fingerprint density at radius 3 is 1.65 bits per heavy atom. The van der Waals surface area contributed by atoms with Gasteiger partial charge in [-0.15, -0.1) is 0 Å². The van der Waals surface area contributed by atoms with Gasteiger partial charge in [0.1, 0.15) is 0 Å². The van der Waals surface area contributed by atoms with Crippen molar-refractivity contribution in [3.05, 3.63) is 234 Å².